The van der Waals surface area contributed by atoms with Crippen molar-refractivity contribution in [1.29, 1.82) is 0 Å². The van der Waals surface area contributed by atoms with E-state index in [0.29, 0.717) is 6.54 Å². The lowest BCUT2D eigenvalue weighted by Gasteiger charge is -2.32. The van der Waals surface area contributed by atoms with Crippen LogP contribution in [0.15, 0.2) is 42.5 Å². The molecule has 2 aliphatic rings. The van der Waals surface area contributed by atoms with Gasteiger partial charge in [0.15, 0.2) is 0 Å². The Labute approximate surface area is 159 Å². The minimum atomic E-state index is -0.0154. The molecule has 2 aromatic rings. The Bertz CT molecular complexity index is 894. The summed E-state index contributed by atoms with van der Waals surface area (Å²) in [7, 11) is 2.08. The number of likely N-dealkylation sites (N-methyl/N-ethyl adjacent to an activating group) is 1. The lowest BCUT2D eigenvalue weighted by molar-refractivity contribution is 0.0664. The number of hydrogen-bond donors (Lipinski definition) is 1. The summed E-state index contributed by atoms with van der Waals surface area (Å²) in [5.74, 6) is 0.0783. The number of piperazine rings is 1. The molecule has 1 saturated heterocycles. The van der Waals surface area contributed by atoms with E-state index in [1.165, 1.54) is 0 Å². The summed E-state index contributed by atoms with van der Waals surface area (Å²) in [6.45, 7) is 3.98. The molecule has 0 aromatic heterocycles. The van der Waals surface area contributed by atoms with Crippen LogP contribution in [0.25, 0.3) is 12.2 Å². The van der Waals surface area contributed by atoms with Gasteiger partial charge in [-0.25, -0.2) is 0 Å². The second-order valence-electron chi connectivity index (χ2n) is 7.11. The van der Waals surface area contributed by atoms with Crippen molar-refractivity contribution >= 4 is 24.0 Å². The molecule has 0 spiro atoms. The zero-order valence-electron chi connectivity index (χ0n) is 15.4. The Morgan fingerprint density at radius 3 is 2.48 bits per heavy atom. The van der Waals surface area contributed by atoms with Gasteiger partial charge in [-0.15, -0.1) is 0 Å². The first-order chi connectivity index (χ1) is 13.1. The monoisotopic (exact) mass is 361 g/mol. The minimum absolute atomic E-state index is 0.0154. The van der Waals surface area contributed by atoms with Crippen LogP contribution < -0.4 is 5.32 Å². The van der Waals surface area contributed by atoms with E-state index in [2.05, 4.69) is 17.3 Å². The molecule has 1 fully saturated rings. The number of fused-ring (bicyclic) bond motifs is 1. The van der Waals surface area contributed by atoms with Gasteiger partial charge in [-0.2, -0.15) is 0 Å². The second kappa shape index (κ2) is 7.37. The molecule has 2 aliphatic heterocycles. The molecule has 2 amide bonds. The predicted octanol–water partition coefficient (Wildman–Crippen LogP) is 2.49. The van der Waals surface area contributed by atoms with Gasteiger partial charge < -0.3 is 15.1 Å². The molecule has 0 saturated carbocycles. The van der Waals surface area contributed by atoms with Crippen LogP contribution in [0.3, 0.4) is 0 Å². The number of amides is 2. The minimum Gasteiger partial charge on any atom is -0.348 e. The zero-order chi connectivity index (χ0) is 18.8. The van der Waals surface area contributed by atoms with Crippen molar-refractivity contribution in [2.24, 2.45) is 0 Å². The Balaban J connectivity index is 1.47. The molecule has 5 nitrogen and oxygen atoms in total. The van der Waals surface area contributed by atoms with Crippen LogP contribution in [0.5, 0.6) is 0 Å². The van der Waals surface area contributed by atoms with Crippen molar-refractivity contribution in [2.75, 3.05) is 33.2 Å². The van der Waals surface area contributed by atoms with E-state index in [1.54, 1.807) is 0 Å². The van der Waals surface area contributed by atoms with E-state index in [1.807, 2.05) is 59.5 Å². The lowest BCUT2D eigenvalue weighted by atomic mass is 10.0. The number of benzene rings is 2. The summed E-state index contributed by atoms with van der Waals surface area (Å²) >= 11 is 0. The maximum absolute atomic E-state index is 12.6. The van der Waals surface area contributed by atoms with Crippen LogP contribution in [0.1, 0.15) is 37.4 Å². The molecular formula is C22H23N3O2. The quantitative estimate of drug-likeness (QED) is 0.855. The van der Waals surface area contributed by atoms with E-state index in [-0.39, 0.29) is 11.8 Å². The third-order valence-corrected chi connectivity index (χ3v) is 5.25. The van der Waals surface area contributed by atoms with Crippen molar-refractivity contribution in [3.8, 4) is 0 Å². The average molecular weight is 361 g/mol. The maximum atomic E-state index is 12.6. The SMILES string of the molecule is CN1CCN(C(=O)c2ccc(/C=C/c3cccc4c3C(=O)NC4)cc2)CC1. The Morgan fingerprint density at radius 1 is 1.00 bits per heavy atom. The van der Waals surface area contributed by atoms with Crippen LogP contribution in [-0.2, 0) is 6.54 Å². The molecule has 4 rings (SSSR count). The van der Waals surface area contributed by atoms with Crippen LogP contribution in [-0.4, -0.2) is 54.8 Å². The van der Waals surface area contributed by atoms with Crippen molar-refractivity contribution in [3.05, 3.63) is 70.3 Å². The van der Waals surface area contributed by atoms with Crippen LogP contribution in [0.2, 0.25) is 0 Å². The van der Waals surface area contributed by atoms with Crippen molar-refractivity contribution < 1.29 is 9.59 Å². The van der Waals surface area contributed by atoms with Crippen LogP contribution in [0, 0.1) is 0 Å². The smallest absolute Gasteiger partial charge is 0.253 e. The number of nitrogens with zero attached hydrogens (tertiary/aromatic N) is 2. The van der Waals surface area contributed by atoms with Gasteiger partial charge in [-0.1, -0.05) is 42.5 Å². The zero-order valence-corrected chi connectivity index (χ0v) is 15.4. The average Bonchev–Trinajstić information content (AvgIpc) is 3.08. The Hall–Kier alpha value is -2.92. The summed E-state index contributed by atoms with van der Waals surface area (Å²) in [5, 5.41) is 2.86. The third kappa shape index (κ3) is 3.64. The molecule has 0 atom stereocenters. The van der Waals surface area contributed by atoms with Gasteiger partial charge in [0, 0.05) is 38.3 Å². The van der Waals surface area contributed by atoms with Gasteiger partial charge in [-0.3, -0.25) is 9.59 Å². The molecule has 5 heteroatoms. The van der Waals surface area contributed by atoms with Crippen LogP contribution in [0.4, 0.5) is 0 Å². The van der Waals surface area contributed by atoms with Crippen LogP contribution >= 0.6 is 0 Å². The molecule has 0 aliphatic carbocycles. The Morgan fingerprint density at radius 2 is 1.74 bits per heavy atom. The molecule has 27 heavy (non-hydrogen) atoms. The van der Waals surface area contributed by atoms with Gasteiger partial charge in [0.1, 0.15) is 0 Å². The number of rotatable bonds is 3. The molecule has 1 N–H and O–H groups in total. The first kappa shape index (κ1) is 17.5. The van der Waals surface area contributed by atoms with E-state index >= 15 is 0 Å². The van der Waals surface area contributed by atoms with Gasteiger partial charge in [0.05, 0.1) is 5.56 Å². The first-order valence-corrected chi connectivity index (χ1v) is 9.28. The normalized spacial score (nSPS) is 17.2. The van der Waals surface area contributed by atoms with E-state index in [9.17, 15) is 9.59 Å². The van der Waals surface area contributed by atoms with E-state index < -0.39 is 0 Å². The summed E-state index contributed by atoms with van der Waals surface area (Å²) < 4.78 is 0. The fourth-order valence-electron chi connectivity index (χ4n) is 3.56. The fourth-order valence-corrected chi connectivity index (χ4v) is 3.56. The van der Waals surface area contributed by atoms with Gasteiger partial charge in [0.25, 0.3) is 11.8 Å². The Kier molecular flexibility index (Phi) is 4.77. The number of carbonyl (C=O) groups excluding carboxylic acids is 2. The largest absolute Gasteiger partial charge is 0.348 e. The summed E-state index contributed by atoms with van der Waals surface area (Å²) in [6.07, 6.45) is 3.94. The van der Waals surface area contributed by atoms with Gasteiger partial charge in [0.2, 0.25) is 0 Å². The highest BCUT2D eigenvalue weighted by Gasteiger charge is 2.21. The van der Waals surface area contributed by atoms with Crippen molar-refractivity contribution in [2.45, 2.75) is 6.54 Å². The first-order valence-electron chi connectivity index (χ1n) is 9.28. The molecule has 0 bridgehead atoms. The van der Waals surface area contributed by atoms with E-state index in [0.717, 1.165) is 54.0 Å². The van der Waals surface area contributed by atoms with Crippen molar-refractivity contribution in [3.63, 3.8) is 0 Å². The van der Waals surface area contributed by atoms with Crippen molar-refractivity contribution in [1.82, 2.24) is 15.1 Å². The fraction of sp³-hybridized carbons (Fsp3) is 0.273. The summed E-state index contributed by atoms with van der Waals surface area (Å²) in [6, 6.07) is 13.5. The van der Waals surface area contributed by atoms with E-state index in [4.69, 9.17) is 0 Å². The topological polar surface area (TPSA) is 52.7 Å². The number of carbonyl (C=O) groups is 2. The molecule has 0 unspecified atom stereocenters. The second-order valence-corrected chi connectivity index (χ2v) is 7.11. The lowest BCUT2D eigenvalue weighted by Crippen LogP contribution is -2.47. The highest BCUT2D eigenvalue weighted by molar-refractivity contribution is 6.02. The number of nitrogens with one attached hydrogen (secondary N) is 1. The molecule has 138 valence electrons. The third-order valence-electron chi connectivity index (χ3n) is 5.25. The molecular weight excluding hydrogens is 338 g/mol. The summed E-state index contributed by atoms with van der Waals surface area (Å²) in [5.41, 5.74) is 4.43. The highest BCUT2D eigenvalue weighted by Crippen LogP contribution is 2.22. The van der Waals surface area contributed by atoms with Gasteiger partial charge >= 0.3 is 0 Å². The maximum Gasteiger partial charge on any atom is 0.253 e. The predicted molar refractivity (Wildman–Crippen MR) is 106 cm³/mol. The summed E-state index contributed by atoms with van der Waals surface area (Å²) in [4.78, 5) is 28.8. The highest BCUT2D eigenvalue weighted by atomic mass is 16.2. The molecule has 2 aromatic carbocycles. The number of hydrogen-bond acceptors (Lipinski definition) is 3. The molecule has 2 heterocycles. The molecule has 0 radical (unpaired) electrons. The van der Waals surface area contributed by atoms with Gasteiger partial charge in [-0.05, 0) is 35.9 Å². The standard InChI is InChI=1S/C22H23N3O2/c1-24-11-13-25(14-12-24)22(27)18-9-6-16(7-10-18)5-8-17-3-2-4-19-15-23-21(26)20(17)19/h2-10H,11-15H2,1H3,(H,23,26)/b8-5+.